The number of amides is 1. The largest absolute Gasteiger partial charge is 0.492 e. The number of pyridine rings is 1. The van der Waals surface area contributed by atoms with Crippen LogP contribution in [-0.2, 0) is 0 Å². The van der Waals surface area contributed by atoms with Crippen LogP contribution in [0, 0.1) is 5.82 Å². The van der Waals surface area contributed by atoms with Gasteiger partial charge in [0.05, 0.1) is 12.1 Å². The zero-order chi connectivity index (χ0) is 15.2. The van der Waals surface area contributed by atoms with E-state index in [1.165, 1.54) is 12.1 Å². The highest BCUT2D eigenvalue weighted by atomic mass is 79.9. The van der Waals surface area contributed by atoms with E-state index in [-0.39, 0.29) is 11.7 Å². The van der Waals surface area contributed by atoms with Crippen molar-refractivity contribution in [3.63, 3.8) is 0 Å². The molecule has 1 aromatic heterocycles. The molecule has 0 atom stereocenters. The molecule has 0 radical (unpaired) electrons. The molecule has 0 fully saturated rings. The predicted molar refractivity (Wildman–Crippen MR) is 80.8 cm³/mol. The van der Waals surface area contributed by atoms with E-state index in [4.69, 9.17) is 4.74 Å². The lowest BCUT2D eigenvalue weighted by Crippen LogP contribution is -2.31. The zero-order valence-corrected chi connectivity index (χ0v) is 13.0. The average Bonchev–Trinajstić information content (AvgIpc) is 2.49. The third-order valence-electron chi connectivity index (χ3n) is 2.85. The lowest BCUT2D eigenvalue weighted by atomic mass is 10.2. The molecule has 1 aromatic carbocycles. The van der Waals surface area contributed by atoms with Gasteiger partial charge in [-0.2, -0.15) is 0 Å². The van der Waals surface area contributed by atoms with E-state index in [1.807, 2.05) is 0 Å². The second-order valence-electron chi connectivity index (χ2n) is 4.37. The Morgan fingerprint density at radius 3 is 2.71 bits per heavy atom. The van der Waals surface area contributed by atoms with Gasteiger partial charge in [-0.1, -0.05) is 0 Å². The molecule has 0 aliphatic carbocycles. The van der Waals surface area contributed by atoms with Crippen LogP contribution in [0.1, 0.15) is 10.4 Å². The third kappa shape index (κ3) is 4.26. The number of likely N-dealkylation sites (N-methyl/N-ethyl adjacent to an activating group) is 1. The molecule has 4 nitrogen and oxygen atoms in total. The van der Waals surface area contributed by atoms with Crippen LogP contribution in [0.4, 0.5) is 4.39 Å². The van der Waals surface area contributed by atoms with Crippen LogP contribution < -0.4 is 4.74 Å². The second-order valence-corrected chi connectivity index (χ2v) is 5.12. The third-order valence-corrected chi connectivity index (χ3v) is 3.48. The Bertz CT molecular complexity index is 619. The van der Waals surface area contributed by atoms with Crippen molar-refractivity contribution in [3.8, 4) is 5.75 Å². The first-order chi connectivity index (χ1) is 10.1. The molecule has 0 unspecified atom stereocenters. The summed E-state index contributed by atoms with van der Waals surface area (Å²) in [6.45, 7) is 0.739. The van der Waals surface area contributed by atoms with Gasteiger partial charge >= 0.3 is 0 Å². The van der Waals surface area contributed by atoms with E-state index < -0.39 is 0 Å². The summed E-state index contributed by atoms with van der Waals surface area (Å²) in [5.41, 5.74) is 0.502. The number of rotatable bonds is 5. The summed E-state index contributed by atoms with van der Waals surface area (Å²) in [7, 11) is 1.69. The number of hydrogen-bond donors (Lipinski definition) is 0. The Morgan fingerprint density at radius 2 is 2.05 bits per heavy atom. The SMILES string of the molecule is CN(CCOc1ccc(F)cc1)C(=O)c1cccnc1Br. The topological polar surface area (TPSA) is 42.4 Å². The Kier molecular flexibility index (Phi) is 5.27. The summed E-state index contributed by atoms with van der Waals surface area (Å²) in [6, 6.07) is 9.18. The lowest BCUT2D eigenvalue weighted by molar-refractivity contribution is 0.0772. The standard InChI is InChI=1S/C15H14BrFN2O2/c1-19(15(20)13-3-2-8-18-14(13)16)9-10-21-12-6-4-11(17)5-7-12/h2-8H,9-10H2,1H3. The van der Waals surface area contributed by atoms with E-state index in [2.05, 4.69) is 20.9 Å². The summed E-state index contributed by atoms with van der Waals surface area (Å²) >= 11 is 3.25. The minimum absolute atomic E-state index is 0.141. The number of hydrogen-bond acceptors (Lipinski definition) is 3. The van der Waals surface area contributed by atoms with Crippen molar-refractivity contribution >= 4 is 21.8 Å². The van der Waals surface area contributed by atoms with Crippen LogP contribution in [0.5, 0.6) is 5.75 Å². The van der Waals surface area contributed by atoms with Crippen molar-refractivity contribution in [1.82, 2.24) is 9.88 Å². The first-order valence-corrected chi connectivity index (χ1v) is 7.11. The molecule has 0 saturated carbocycles. The minimum atomic E-state index is -0.309. The van der Waals surface area contributed by atoms with Gasteiger partial charge in [-0.05, 0) is 52.3 Å². The quantitative estimate of drug-likeness (QED) is 0.776. The van der Waals surface area contributed by atoms with Crippen LogP contribution in [0.15, 0.2) is 47.2 Å². The van der Waals surface area contributed by atoms with Crippen LogP contribution in [0.25, 0.3) is 0 Å². The van der Waals surface area contributed by atoms with E-state index >= 15 is 0 Å². The highest BCUT2D eigenvalue weighted by molar-refractivity contribution is 9.10. The molecule has 2 rings (SSSR count). The number of aromatic nitrogens is 1. The number of nitrogens with zero attached hydrogens (tertiary/aromatic N) is 2. The van der Waals surface area contributed by atoms with Gasteiger partial charge in [-0.15, -0.1) is 0 Å². The van der Waals surface area contributed by atoms with Crippen molar-refractivity contribution in [2.45, 2.75) is 0 Å². The van der Waals surface area contributed by atoms with Crippen molar-refractivity contribution in [2.75, 3.05) is 20.2 Å². The highest BCUT2D eigenvalue weighted by Gasteiger charge is 2.14. The van der Waals surface area contributed by atoms with Gasteiger partial charge in [0.25, 0.3) is 5.91 Å². The highest BCUT2D eigenvalue weighted by Crippen LogP contribution is 2.15. The summed E-state index contributed by atoms with van der Waals surface area (Å²) in [5.74, 6) is 0.119. The van der Waals surface area contributed by atoms with Crippen LogP contribution >= 0.6 is 15.9 Å². The molecule has 6 heteroatoms. The molecule has 0 aliphatic heterocycles. The summed E-state index contributed by atoms with van der Waals surface area (Å²) in [6.07, 6.45) is 1.61. The Hall–Kier alpha value is -1.95. The Morgan fingerprint density at radius 1 is 1.33 bits per heavy atom. The molecular weight excluding hydrogens is 339 g/mol. The fraction of sp³-hybridized carbons (Fsp3) is 0.200. The predicted octanol–water partition coefficient (Wildman–Crippen LogP) is 3.13. The number of ether oxygens (including phenoxy) is 1. The van der Waals surface area contributed by atoms with Gasteiger partial charge < -0.3 is 9.64 Å². The molecular formula is C15H14BrFN2O2. The normalized spacial score (nSPS) is 10.2. The molecule has 110 valence electrons. The maximum absolute atomic E-state index is 12.7. The van der Waals surface area contributed by atoms with Crippen LogP contribution in [0.2, 0.25) is 0 Å². The fourth-order valence-electron chi connectivity index (χ4n) is 1.68. The smallest absolute Gasteiger partial charge is 0.256 e. The van der Waals surface area contributed by atoms with E-state index in [9.17, 15) is 9.18 Å². The van der Waals surface area contributed by atoms with Crippen molar-refractivity contribution < 1.29 is 13.9 Å². The summed E-state index contributed by atoms with van der Waals surface area (Å²) < 4.78 is 18.7. The average molecular weight is 353 g/mol. The van der Waals surface area contributed by atoms with Crippen LogP contribution in [-0.4, -0.2) is 36.0 Å². The maximum atomic E-state index is 12.7. The van der Waals surface area contributed by atoms with Crippen LogP contribution in [0.3, 0.4) is 0 Å². The molecule has 0 aliphatic rings. The number of halogens is 2. The van der Waals surface area contributed by atoms with Gasteiger partial charge in [0.1, 0.15) is 22.8 Å². The number of benzene rings is 1. The van der Waals surface area contributed by atoms with E-state index in [1.54, 1.807) is 42.4 Å². The second kappa shape index (κ2) is 7.17. The summed E-state index contributed by atoms with van der Waals surface area (Å²) in [5, 5.41) is 0. The van der Waals surface area contributed by atoms with Gasteiger partial charge in [-0.25, -0.2) is 9.37 Å². The number of carbonyl (C=O) groups is 1. The molecule has 2 aromatic rings. The minimum Gasteiger partial charge on any atom is -0.492 e. The van der Waals surface area contributed by atoms with Gasteiger partial charge in [0.15, 0.2) is 0 Å². The molecule has 0 saturated heterocycles. The van der Waals surface area contributed by atoms with Crippen molar-refractivity contribution in [3.05, 3.63) is 58.6 Å². The van der Waals surface area contributed by atoms with Crippen molar-refractivity contribution in [2.24, 2.45) is 0 Å². The first kappa shape index (κ1) is 15.4. The molecule has 0 spiro atoms. The molecule has 21 heavy (non-hydrogen) atoms. The summed E-state index contributed by atoms with van der Waals surface area (Å²) in [4.78, 5) is 17.8. The Balaban J connectivity index is 1.87. The first-order valence-electron chi connectivity index (χ1n) is 6.32. The molecule has 0 N–H and O–H groups in total. The Labute approximate surface area is 130 Å². The number of carbonyl (C=O) groups excluding carboxylic acids is 1. The van der Waals surface area contributed by atoms with Gasteiger partial charge in [0, 0.05) is 13.2 Å². The maximum Gasteiger partial charge on any atom is 0.256 e. The van der Waals surface area contributed by atoms with Gasteiger partial charge in [-0.3, -0.25) is 4.79 Å². The molecule has 1 amide bonds. The monoisotopic (exact) mass is 352 g/mol. The lowest BCUT2D eigenvalue weighted by Gasteiger charge is -2.18. The fourth-order valence-corrected chi connectivity index (χ4v) is 2.10. The van der Waals surface area contributed by atoms with E-state index in [0.29, 0.717) is 29.1 Å². The molecule has 1 heterocycles. The van der Waals surface area contributed by atoms with E-state index in [0.717, 1.165) is 0 Å². The van der Waals surface area contributed by atoms with Gasteiger partial charge in [0.2, 0.25) is 0 Å². The molecule has 0 bridgehead atoms. The van der Waals surface area contributed by atoms with Crippen molar-refractivity contribution in [1.29, 1.82) is 0 Å². The zero-order valence-electron chi connectivity index (χ0n) is 11.4.